The van der Waals surface area contributed by atoms with Crippen LogP contribution in [0.1, 0.15) is 21.5 Å². The number of para-hydroxylation sites is 1. The second-order valence-corrected chi connectivity index (χ2v) is 6.27. The molecule has 0 aliphatic carbocycles. The van der Waals surface area contributed by atoms with E-state index >= 15 is 0 Å². The smallest absolute Gasteiger partial charge is 0.274 e. The number of rotatable bonds is 7. The van der Waals surface area contributed by atoms with E-state index in [9.17, 15) is 14.9 Å². The third kappa shape index (κ3) is 4.36. The van der Waals surface area contributed by atoms with Gasteiger partial charge in [-0.15, -0.1) is 0 Å². The number of benzene rings is 2. The SMILES string of the molecule is CN(Cc1cnn(-c2ccccc2)c1)Cc1ccc(C(N)=O)cc1[N+](=O)[O-]. The zero-order chi connectivity index (χ0) is 19.4. The topological polar surface area (TPSA) is 107 Å². The lowest BCUT2D eigenvalue weighted by Crippen LogP contribution is -2.18. The monoisotopic (exact) mass is 365 g/mol. The molecule has 1 heterocycles. The second kappa shape index (κ2) is 7.79. The van der Waals surface area contributed by atoms with E-state index < -0.39 is 10.8 Å². The fourth-order valence-corrected chi connectivity index (χ4v) is 2.84. The molecule has 0 atom stereocenters. The molecule has 2 aromatic carbocycles. The Morgan fingerprint density at radius 3 is 2.63 bits per heavy atom. The van der Waals surface area contributed by atoms with Crippen molar-refractivity contribution >= 4 is 11.6 Å². The lowest BCUT2D eigenvalue weighted by molar-refractivity contribution is -0.385. The van der Waals surface area contributed by atoms with Crippen LogP contribution in [0.2, 0.25) is 0 Å². The van der Waals surface area contributed by atoms with Crippen LogP contribution in [0.15, 0.2) is 60.9 Å². The maximum atomic E-state index is 11.3. The number of aromatic nitrogens is 2. The molecule has 1 aromatic heterocycles. The predicted molar refractivity (Wildman–Crippen MR) is 100 cm³/mol. The number of nitrogens with two attached hydrogens (primary N) is 1. The van der Waals surface area contributed by atoms with E-state index in [-0.39, 0.29) is 11.3 Å². The molecule has 27 heavy (non-hydrogen) atoms. The van der Waals surface area contributed by atoms with E-state index in [0.29, 0.717) is 18.7 Å². The summed E-state index contributed by atoms with van der Waals surface area (Å²) >= 11 is 0. The maximum absolute atomic E-state index is 11.3. The molecule has 0 aliphatic rings. The number of primary amides is 1. The fourth-order valence-electron chi connectivity index (χ4n) is 2.84. The molecular weight excluding hydrogens is 346 g/mol. The minimum Gasteiger partial charge on any atom is -0.366 e. The molecule has 0 bridgehead atoms. The van der Waals surface area contributed by atoms with Gasteiger partial charge in [0.2, 0.25) is 5.91 Å². The van der Waals surface area contributed by atoms with Crippen LogP contribution in [-0.2, 0) is 13.1 Å². The minimum absolute atomic E-state index is 0.113. The Kier molecular flexibility index (Phi) is 5.28. The molecule has 2 N–H and O–H groups in total. The summed E-state index contributed by atoms with van der Waals surface area (Å²) < 4.78 is 1.78. The van der Waals surface area contributed by atoms with Crippen molar-refractivity contribution in [2.45, 2.75) is 13.1 Å². The number of carbonyl (C=O) groups is 1. The van der Waals surface area contributed by atoms with Crippen LogP contribution < -0.4 is 5.73 Å². The van der Waals surface area contributed by atoms with Crippen LogP contribution in [0.25, 0.3) is 5.69 Å². The largest absolute Gasteiger partial charge is 0.366 e. The van der Waals surface area contributed by atoms with E-state index in [1.165, 1.54) is 12.1 Å². The Labute approximate surface area is 156 Å². The van der Waals surface area contributed by atoms with Crippen molar-refractivity contribution in [1.29, 1.82) is 0 Å². The molecule has 8 nitrogen and oxygen atoms in total. The third-order valence-corrected chi connectivity index (χ3v) is 4.12. The zero-order valence-electron chi connectivity index (χ0n) is 14.8. The molecule has 0 spiro atoms. The van der Waals surface area contributed by atoms with Crippen LogP contribution >= 0.6 is 0 Å². The zero-order valence-corrected chi connectivity index (χ0v) is 14.8. The van der Waals surface area contributed by atoms with Gasteiger partial charge in [-0.05, 0) is 25.2 Å². The normalized spacial score (nSPS) is 10.9. The summed E-state index contributed by atoms with van der Waals surface area (Å²) in [6.45, 7) is 0.924. The first-order valence-electron chi connectivity index (χ1n) is 8.28. The molecule has 3 rings (SSSR count). The third-order valence-electron chi connectivity index (χ3n) is 4.12. The minimum atomic E-state index is -0.689. The number of carbonyl (C=O) groups excluding carboxylic acids is 1. The van der Waals surface area contributed by atoms with Gasteiger partial charge in [-0.1, -0.05) is 24.3 Å². The van der Waals surface area contributed by atoms with Crippen molar-refractivity contribution in [2.75, 3.05) is 7.05 Å². The van der Waals surface area contributed by atoms with Gasteiger partial charge in [-0.2, -0.15) is 5.10 Å². The van der Waals surface area contributed by atoms with Gasteiger partial charge in [0, 0.05) is 42.0 Å². The lowest BCUT2D eigenvalue weighted by Gasteiger charge is -2.16. The summed E-state index contributed by atoms with van der Waals surface area (Å²) in [7, 11) is 1.87. The van der Waals surface area contributed by atoms with E-state index in [1.807, 2.05) is 48.5 Å². The fraction of sp³-hybridized carbons (Fsp3) is 0.158. The molecule has 0 unspecified atom stereocenters. The van der Waals surface area contributed by atoms with Crippen LogP contribution in [0.3, 0.4) is 0 Å². The average molecular weight is 365 g/mol. The first kappa shape index (κ1) is 18.3. The number of amides is 1. The second-order valence-electron chi connectivity index (χ2n) is 6.27. The maximum Gasteiger partial charge on any atom is 0.274 e. The van der Waals surface area contributed by atoms with E-state index in [0.717, 1.165) is 11.3 Å². The summed E-state index contributed by atoms with van der Waals surface area (Å²) in [5.74, 6) is -0.689. The van der Waals surface area contributed by atoms with Crippen molar-refractivity contribution in [3.63, 3.8) is 0 Å². The van der Waals surface area contributed by atoms with Crippen molar-refractivity contribution in [1.82, 2.24) is 14.7 Å². The number of nitro groups is 1. The van der Waals surface area contributed by atoms with Gasteiger partial charge in [0.05, 0.1) is 16.8 Å². The summed E-state index contributed by atoms with van der Waals surface area (Å²) in [6, 6.07) is 14.1. The molecule has 0 aliphatic heterocycles. The molecule has 0 radical (unpaired) electrons. The Bertz CT molecular complexity index is 968. The highest BCUT2D eigenvalue weighted by atomic mass is 16.6. The Morgan fingerprint density at radius 2 is 1.96 bits per heavy atom. The van der Waals surface area contributed by atoms with Crippen LogP contribution in [0, 0.1) is 10.1 Å². The first-order valence-corrected chi connectivity index (χ1v) is 8.28. The Balaban J connectivity index is 1.73. The predicted octanol–water partition coefficient (Wildman–Crippen LogP) is 2.51. The molecule has 3 aromatic rings. The lowest BCUT2D eigenvalue weighted by atomic mass is 10.1. The first-order chi connectivity index (χ1) is 12.9. The summed E-state index contributed by atoms with van der Waals surface area (Å²) in [4.78, 5) is 24.0. The molecule has 1 amide bonds. The average Bonchev–Trinajstić information content (AvgIpc) is 3.10. The molecule has 0 fully saturated rings. The highest BCUT2D eigenvalue weighted by Gasteiger charge is 2.18. The number of hydrogen-bond acceptors (Lipinski definition) is 5. The number of nitrogens with zero attached hydrogens (tertiary/aromatic N) is 4. The number of nitro benzene ring substituents is 1. The van der Waals surface area contributed by atoms with Gasteiger partial charge in [0.1, 0.15) is 0 Å². The van der Waals surface area contributed by atoms with E-state index in [2.05, 4.69) is 5.10 Å². The van der Waals surface area contributed by atoms with E-state index in [1.54, 1.807) is 16.9 Å². The summed E-state index contributed by atoms with van der Waals surface area (Å²) in [5, 5.41) is 15.7. The van der Waals surface area contributed by atoms with E-state index in [4.69, 9.17) is 5.73 Å². The van der Waals surface area contributed by atoms with Gasteiger partial charge in [0.25, 0.3) is 5.69 Å². The van der Waals surface area contributed by atoms with Gasteiger partial charge in [-0.25, -0.2) is 4.68 Å². The Hall–Kier alpha value is -3.52. The van der Waals surface area contributed by atoms with Gasteiger partial charge in [0.15, 0.2) is 0 Å². The molecule has 138 valence electrons. The van der Waals surface area contributed by atoms with Crippen molar-refractivity contribution < 1.29 is 9.72 Å². The van der Waals surface area contributed by atoms with Crippen molar-refractivity contribution in [3.05, 3.63) is 87.7 Å². The standard InChI is InChI=1S/C19H19N5O3/c1-22(11-14-10-21-23(12-14)17-5-3-2-4-6-17)13-16-8-7-15(19(20)25)9-18(16)24(26)27/h2-10,12H,11,13H2,1H3,(H2,20,25). The quantitative estimate of drug-likeness (QED) is 0.511. The highest BCUT2D eigenvalue weighted by molar-refractivity contribution is 5.93. The number of hydrogen-bond donors (Lipinski definition) is 1. The van der Waals surface area contributed by atoms with Gasteiger partial charge < -0.3 is 5.73 Å². The van der Waals surface area contributed by atoms with Gasteiger partial charge in [-0.3, -0.25) is 19.8 Å². The van der Waals surface area contributed by atoms with Crippen LogP contribution in [-0.4, -0.2) is 32.6 Å². The molecule has 0 saturated heterocycles. The van der Waals surface area contributed by atoms with Crippen molar-refractivity contribution in [3.8, 4) is 5.69 Å². The highest BCUT2D eigenvalue weighted by Crippen LogP contribution is 2.22. The molecular formula is C19H19N5O3. The van der Waals surface area contributed by atoms with Crippen molar-refractivity contribution in [2.24, 2.45) is 5.73 Å². The Morgan fingerprint density at radius 1 is 1.22 bits per heavy atom. The summed E-state index contributed by atoms with van der Waals surface area (Å²) in [5.41, 5.74) is 7.68. The van der Waals surface area contributed by atoms with Crippen LogP contribution in [0.4, 0.5) is 5.69 Å². The van der Waals surface area contributed by atoms with Crippen LogP contribution in [0.5, 0.6) is 0 Å². The molecule has 8 heteroatoms. The molecule has 0 saturated carbocycles. The van der Waals surface area contributed by atoms with Gasteiger partial charge >= 0.3 is 0 Å². The summed E-state index contributed by atoms with van der Waals surface area (Å²) in [6.07, 6.45) is 3.70.